The van der Waals surface area contributed by atoms with E-state index in [2.05, 4.69) is 0 Å². The van der Waals surface area contributed by atoms with Crippen molar-refractivity contribution in [1.82, 2.24) is 4.98 Å². The molecule has 7 rings (SSSR count). The highest BCUT2D eigenvalue weighted by Crippen LogP contribution is 2.46. The van der Waals surface area contributed by atoms with Gasteiger partial charge in [0.25, 0.3) is 5.78 Å². The number of Topliss-reactive ketones (excluding diaryl/α,β-unsaturated/α-hetero) is 1. The number of hydrogen-bond acceptors (Lipinski definition) is 8. The lowest BCUT2D eigenvalue weighted by Crippen LogP contribution is -2.29. The van der Waals surface area contributed by atoms with E-state index in [0.717, 1.165) is 16.0 Å². The Kier molecular flexibility index (Phi) is 6.59. The third kappa shape index (κ3) is 4.77. The molecule has 0 bridgehead atoms. The normalized spacial score (nSPS) is 19.0. The average Bonchev–Trinajstić information content (AvgIpc) is 3.69. The molecule has 5 aromatic rings. The van der Waals surface area contributed by atoms with Gasteiger partial charge < -0.3 is 19.3 Å². The van der Waals surface area contributed by atoms with Crippen molar-refractivity contribution in [1.29, 1.82) is 0 Å². The maximum Gasteiger partial charge on any atom is 0.301 e. The number of carbonyl (C=O) groups excluding carboxylic acids is 2. The number of nitrogens with zero attached hydrogens (tertiary/aromatic N) is 2. The van der Waals surface area contributed by atoms with Crippen molar-refractivity contribution >= 4 is 44.1 Å². The molecule has 1 aromatic heterocycles. The Labute approximate surface area is 251 Å². The predicted octanol–water partition coefficient (Wildman–Crippen LogP) is 7.05. The number of anilines is 1. The maximum atomic E-state index is 13.8. The lowest BCUT2D eigenvalue weighted by atomic mass is 9.94. The fraction of sp³-hybridized carbons (Fsp3) is 0.147. The fourth-order valence-electron chi connectivity index (χ4n) is 5.57. The van der Waals surface area contributed by atoms with Gasteiger partial charge >= 0.3 is 5.91 Å². The molecule has 1 saturated heterocycles. The highest BCUT2D eigenvalue weighted by molar-refractivity contribution is 7.22. The van der Waals surface area contributed by atoms with Gasteiger partial charge in [-0.2, -0.15) is 0 Å². The highest BCUT2D eigenvalue weighted by atomic mass is 32.1. The lowest BCUT2D eigenvalue weighted by molar-refractivity contribution is -0.132. The van der Waals surface area contributed by atoms with E-state index in [9.17, 15) is 14.7 Å². The summed E-state index contributed by atoms with van der Waals surface area (Å²) in [6.07, 6.45) is 0.699. The Morgan fingerprint density at radius 2 is 1.77 bits per heavy atom. The zero-order chi connectivity index (χ0) is 29.7. The van der Waals surface area contributed by atoms with Crippen LogP contribution in [0.15, 0.2) is 96.6 Å². The van der Waals surface area contributed by atoms with Gasteiger partial charge in [0.2, 0.25) is 0 Å². The number of amides is 1. The van der Waals surface area contributed by atoms with Gasteiger partial charge in [0, 0.05) is 12.0 Å². The van der Waals surface area contributed by atoms with Crippen molar-refractivity contribution in [3.05, 3.63) is 113 Å². The Morgan fingerprint density at radius 1 is 0.953 bits per heavy atom. The van der Waals surface area contributed by atoms with Gasteiger partial charge in [-0.1, -0.05) is 41.7 Å². The summed E-state index contributed by atoms with van der Waals surface area (Å²) in [5, 5.41) is 12.0. The van der Waals surface area contributed by atoms with E-state index < -0.39 is 17.7 Å². The van der Waals surface area contributed by atoms with Gasteiger partial charge in [0.15, 0.2) is 5.13 Å². The third-order valence-electron chi connectivity index (χ3n) is 7.56. The number of rotatable bonds is 6. The number of carbonyl (C=O) groups is 2. The largest absolute Gasteiger partial charge is 0.507 e. The molecule has 1 fully saturated rings. The van der Waals surface area contributed by atoms with E-state index >= 15 is 0 Å². The molecule has 2 aliphatic heterocycles. The number of methoxy groups -OCH3 is 1. The van der Waals surface area contributed by atoms with Gasteiger partial charge in [0.1, 0.15) is 34.9 Å². The zero-order valence-electron chi connectivity index (χ0n) is 23.3. The van der Waals surface area contributed by atoms with Gasteiger partial charge in [-0.3, -0.25) is 14.5 Å². The van der Waals surface area contributed by atoms with Crippen LogP contribution in [0.2, 0.25) is 0 Å². The highest BCUT2D eigenvalue weighted by Gasteiger charge is 2.48. The average molecular weight is 591 g/mol. The number of aliphatic hydroxyl groups is 1. The van der Waals surface area contributed by atoms with Crippen LogP contribution >= 0.6 is 11.3 Å². The van der Waals surface area contributed by atoms with Crippen LogP contribution in [0.1, 0.15) is 29.7 Å². The Bertz CT molecular complexity index is 1930. The van der Waals surface area contributed by atoms with Crippen molar-refractivity contribution in [2.24, 2.45) is 0 Å². The van der Waals surface area contributed by atoms with E-state index in [1.54, 1.807) is 43.5 Å². The molecule has 0 aliphatic carbocycles. The quantitative estimate of drug-likeness (QED) is 0.129. The van der Waals surface area contributed by atoms with Crippen LogP contribution in [-0.2, 0) is 16.0 Å². The van der Waals surface area contributed by atoms with Crippen molar-refractivity contribution in [2.75, 3.05) is 12.0 Å². The summed E-state index contributed by atoms with van der Waals surface area (Å²) in [7, 11) is 1.58. The maximum absolute atomic E-state index is 13.8. The second-order valence-electron chi connectivity index (χ2n) is 10.4. The number of ketones is 1. The molecule has 8 nitrogen and oxygen atoms in total. The number of thiazole rings is 1. The summed E-state index contributed by atoms with van der Waals surface area (Å²) in [4.78, 5) is 33.6. The first-order chi connectivity index (χ1) is 20.9. The van der Waals surface area contributed by atoms with Crippen LogP contribution in [0.25, 0.3) is 16.0 Å². The topological polar surface area (TPSA) is 98.2 Å². The van der Waals surface area contributed by atoms with Crippen molar-refractivity contribution in [3.63, 3.8) is 0 Å². The first-order valence-corrected chi connectivity index (χ1v) is 14.6. The summed E-state index contributed by atoms with van der Waals surface area (Å²) >= 11 is 1.27. The van der Waals surface area contributed by atoms with E-state index in [4.69, 9.17) is 19.2 Å². The summed E-state index contributed by atoms with van der Waals surface area (Å²) in [6, 6.07) is 26.3. The van der Waals surface area contributed by atoms with E-state index in [1.165, 1.54) is 16.2 Å². The molecule has 43 heavy (non-hydrogen) atoms. The SMILES string of the molecule is COc1ccc2nc(N3C(=O)C(=O)C(=C(O)c4ccc5c(c4)C[C@@H](C)O5)[C@H]3c3cccc(Oc4ccccc4)c3)sc2c1. The first kappa shape index (κ1) is 26.7. The van der Waals surface area contributed by atoms with Crippen LogP contribution in [-0.4, -0.2) is 35.0 Å². The van der Waals surface area contributed by atoms with Crippen molar-refractivity contribution < 1.29 is 28.9 Å². The molecule has 0 unspecified atom stereocenters. The van der Waals surface area contributed by atoms with Crippen LogP contribution in [0.3, 0.4) is 0 Å². The summed E-state index contributed by atoms with van der Waals surface area (Å²) in [6.45, 7) is 1.98. The third-order valence-corrected chi connectivity index (χ3v) is 8.57. The standard InChI is InChI=1S/C34H26N2O6S/c1-19-15-22-16-21(11-14-27(22)41-19)31(37)29-30(20-7-6-10-25(17-20)42-23-8-4-3-5-9-23)36(33(39)32(29)38)34-35-26-13-12-24(40-2)18-28(26)43-34/h3-14,16-19,30,37H,15H2,1-2H3/t19-,30-/m1/s1. The Morgan fingerprint density at radius 3 is 2.58 bits per heavy atom. The number of aliphatic hydroxyl groups excluding tert-OH is 1. The number of hydrogen-bond donors (Lipinski definition) is 1. The molecule has 2 atom stereocenters. The van der Waals surface area contributed by atoms with Gasteiger partial charge in [-0.15, -0.1) is 0 Å². The molecule has 1 amide bonds. The minimum absolute atomic E-state index is 0.0167. The van der Waals surface area contributed by atoms with Crippen LogP contribution in [0.4, 0.5) is 5.13 Å². The van der Waals surface area contributed by atoms with Gasteiger partial charge in [-0.25, -0.2) is 4.98 Å². The second-order valence-corrected chi connectivity index (χ2v) is 11.5. The molecular weight excluding hydrogens is 564 g/mol. The minimum Gasteiger partial charge on any atom is -0.507 e. The van der Waals surface area contributed by atoms with E-state index in [1.807, 2.05) is 61.5 Å². The van der Waals surface area contributed by atoms with Crippen LogP contribution < -0.4 is 19.1 Å². The molecule has 214 valence electrons. The van der Waals surface area contributed by atoms with Crippen molar-refractivity contribution in [3.8, 4) is 23.0 Å². The van der Waals surface area contributed by atoms with Crippen LogP contribution in [0.5, 0.6) is 23.0 Å². The molecule has 3 heterocycles. The van der Waals surface area contributed by atoms with Crippen LogP contribution in [0, 0.1) is 0 Å². The molecule has 0 radical (unpaired) electrons. The zero-order valence-corrected chi connectivity index (χ0v) is 24.1. The number of para-hydroxylation sites is 1. The monoisotopic (exact) mass is 590 g/mol. The second kappa shape index (κ2) is 10.6. The van der Waals surface area contributed by atoms with Gasteiger partial charge in [-0.05, 0) is 78.7 Å². The molecule has 1 N–H and O–H groups in total. The number of ether oxygens (including phenoxy) is 3. The molecule has 9 heteroatoms. The Balaban J connectivity index is 1.38. The minimum atomic E-state index is -0.954. The fourth-order valence-corrected chi connectivity index (χ4v) is 6.59. The molecule has 0 spiro atoms. The molecule has 4 aromatic carbocycles. The lowest BCUT2D eigenvalue weighted by Gasteiger charge is -2.23. The number of benzene rings is 4. The summed E-state index contributed by atoms with van der Waals surface area (Å²) < 4.78 is 18.1. The number of fused-ring (bicyclic) bond motifs is 2. The summed E-state index contributed by atoms with van der Waals surface area (Å²) in [5.41, 5.74) is 2.59. The van der Waals surface area contributed by atoms with Crippen molar-refractivity contribution in [2.45, 2.75) is 25.5 Å². The van der Waals surface area contributed by atoms with Gasteiger partial charge in [0.05, 0.1) is 28.9 Å². The smallest absolute Gasteiger partial charge is 0.301 e. The molecule has 0 saturated carbocycles. The number of aromatic nitrogens is 1. The first-order valence-electron chi connectivity index (χ1n) is 13.8. The molecular formula is C34H26N2O6S. The van der Waals surface area contributed by atoms with E-state index in [0.29, 0.717) is 45.4 Å². The summed E-state index contributed by atoms with van der Waals surface area (Å²) in [5.74, 6) is 0.739. The predicted molar refractivity (Wildman–Crippen MR) is 164 cm³/mol. The van der Waals surface area contributed by atoms with E-state index in [-0.39, 0.29) is 17.4 Å². The Hall–Kier alpha value is -5.15. The molecule has 2 aliphatic rings.